The van der Waals surface area contributed by atoms with Gasteiger partial charge >= 0.3 is 6.92 Å². The normalized spacial score (nSPS) is 10.8. The van der Waals surface area contributed by atoms with E-state index in [0.29, 0.717) is 0 Å². The largest absolute Gasteiger partial charge is 0.551 e. The maximum absolute atomic E-state index is 6.62. The van der Waals surface area contributed by atoms with Crippen LogP contribution in [0.1, 0.15) is 0 Å². The van der Waals surface area contributed by atoms with Crippen molar-refractivity contribution in [3.8, 4) is 17.0 Å². The Morgan fingerprint density at radius 2 is 1.28 bits per heavy atom. The molecule has 0 N–H and O–H groups in total. The van der Waals surface area contributed by atoms with Crippen LogP contribution in [0.4, 0.5) is 0 Å². The first-order valence-corrected chi connectivity index (χ1v) is 9.68. The highest BCUT2D eigenvalue weighted by atomic mass is 16.4. The standard InChI is InChI=1S/C25H19BN2O/c1-3-11-20(12-4-1)26(21-13-5-2-6-14-21)29-24-16-8-7-15-22(24)23-19-28-18-10-9-17-25(28)27-23/h1-19H. The van der Waals surface area contributed by atoms with Gasteiger partial charge in [-0.2, -0.15) is 0 Å². The minimum atomic E-state index is -0.199. The predicted molar refractivity (Wildman–Crippen MR) is 119 cm³/mol. The third-order valence-electron chi connectivity index (χ3n) is 4.98. The third-order valence-corrected chi connectivity index (χ3v) is 4.98. The Hall–Kier alpha value is -3.79. The second-order valence-electron chi connectivity index (χ2n) is 6.91. The first-order chi connectivity index (χ1) is 14.4. The minimum Gasteiger partial charge on any atom is -0.551 e. The molecule has 0 aliphatic rings. The Kier molecular flexibility index (Phi) is 4.59. The van der Waals surface area contributed by atoms with E-state index < -0.39 is 0 Å². The van der Waals surface area contributed by atoms with Crippen LogP contribution in [0, 0.1) is 0 Å². The number of rotatable bonds is 5. The lowest BCUT2D eigenvalue weighted by atomic mass is 9.55. The second-order valence-corrected chi connectivity index (χ2v) is 6.91. The molecule has 0 saturated carbocycles. The number of benzene rings is 3. The summed E-state index contributed by atoms with van der Waals surface area (Å²) in [5, 5.41) is 0. The molecule has 0 bridgehead atoms. The molecule has 29 heavy (non-hydrogen) atoms. The van der Waals surface area contributed by atoms with Gasteiger partial charge in [0.25, 0.3) is 0 Å². The van der Waals surface area contributed by atoms with Crippen LogP contribution in [0.3, 0.4) is 0 Å². The fraction of sp³-hybridized carbons (Fsp3) is 0. The van der Waals surface area contributed by atoms with E-state index in [1.807, 2.05) is 89.6 Å². The maximum atomic E-state index is 6.62. The molecule has 3 nitrogen and oxygen atoms in total. The molecule has 3 aromatic carbocycles. The molecule has 4 heteroatoms. The zero-order valence-electron chi connectivity index (χ0n) is 15.8. The van der Waals surface area contributed by atoms with Gasteiger partial charge in [0.1, 0.15) is 11.4 Å². The molecule has 0 aliphatic heterocycles. The van der Waals surface area contributed by atoms with Crippen molar-refractivity contribution in [3.05, 3.63) is 116 Å². The molecule has 0 fully saturated rings. The molecule has 0 spiro atoms. The van der Waals surface area contributed by atoms with E-state index in [4.69, 9.17) is 9.64 Å². The summed E-state index contributed by atoms with van der Waals surface area (Å²) >= 11 is 0. The molecule has 0 amide bonds. The van der Waals surface area contributed by atoms with Crippen LogP contribution in [-0.2, 0) is 0 Å². The van der Waals surface area contributed by atoms with Gasteiger partial charge in [0, 0.05) is 18.0 Å². The zero-order valence-corrected chi connectivity index (χ0v) is 15.8. The fourth-order valence-electron chi connectivity index (χ4n) is 3.56. The quantitative estimate of drug-likeness (QED) is 0.432. The molecule has 2 heterocycles. The van der Waals surface area contributed by atoms with Crippen LogP contribution in [-0.4, -0.2) is 16.3 Å². The molecule has 0 aliphatic carbocycles. The predicted octanol–water partition coefficient (Wildman–Crippen LogP) is 4.19. The lowest BCUT2D eigenvalue weighted by Gasteiger charge is -2.18. The fourth-order valence-corrected chi connectivity index (χ4v) is 3.56. The molecule has 0 unspecified atom stereocenters. The van der Waals surface area contributed by atoms with Gasteiger partial charge in [0.15, 0.2) is 0 Å². The van der Waals surface area contributed by atoms with Crippen molar-refractivity contribution in [1.29, 1.82) is 0 Å². The van der Waals surface area contributed by atoms with Gasteiger partial charge in [-0.3, -0.25) is 0 Å². The van der Waals surface area contributed by atoms with Crippen molar-refractivity contribution in [3.63, 3.8) is 0 Å². The summed E-state index contributed by atoms with van der Waals surface area (Å²) in [5.74, 6) is 0.814. The van der Waals surface area contributed by atoms with E-state index in [-0.39, 0.29) is 6.92 Å². The molecule has 2 aromatic heterocycles. The van der Waals surface area contributed by atoms with Crippen molar-refractivity contribution >= 4 is 23.5 Å². The molecule has 5 aromatic rings. The van der Waals surface area contributed by atoms with Crippen molar-refractivity contribution in [2.45, 2.75) is 0 Å². The van der Waals surface area contributed by atoms with Gasteiger partial charge in [-0.15, -0.1) is 0 Å². The van der Waals surface area contributed by atoms with Crippen molar-refractivity contribution in [2.24, 2.45) is 0 Å². The van der Waals surface area contributed by atoms with Crippen LogP contribution in [0.25, 0.3) is 16.9 Å². The first-order valence-electron chi connectivity index (χ1n) is 9.68. The first kappa shape index (κ1) is 17.3. The van der Waals surface area contributed by atoms with E-state index in [9.17, 15) is 0 Å². The summed E-state index contributed by atoms with van der Waals surface area (Å²) in [7, 11) is 0. The topological polar surface area (TPSA) is 26.5 Å². The SMILES string of the molecule is c1ccc(B(Oc2ccccc2-c2cn3ccccc3n2)c2ccccc2)cc1. The van der Waals surface area contributed by atoms with Gasteiger partial charge in [0.2, 0.25) is 0 Å². The summed E-state index contributed by atoms with van der Waals surface area (Å²) in [5.41, 5.74) is 5.02. The van der Waals surface area contributed by atoms with Crippen LogP contribution < -0.4 is 15.6 Å². The zero-order chi connectivity index (χ0) is 19.5. The minimum absolute atomic E-state index is 0.199. The molecular formula is C25H19BN2O. The highest BCUT2D eigenvalue weighted by Gasteiger charge is 2.24. The van der Waals surface area contributed by atoms with Crippen LogP contribution in [0.5, 0.6) is 5.75 Å². The van der Waals surface area contributed by atoms with Crippen molar-refractivity contribution in [2.75, 3.05) is 0 Å². The number of fused-ring (bicyclic) bond motifs is 1. The van der Waals surface area contributed by atoms with Crippen LogP contribution in [0.2, 0.25) is 0 Å². The van der Waals surface area contributed by atoms with Gasteiger partial charge in [0.05, 0.1) is 5.69 Å². The number of para-hydroxylation sites is 1. The smallest absolute Gasteiger partial charge is 0.426 e. The average molecular weight is 374 g/mol. The summed E-state index contributed by atoms with van der Waals surface area (Å²) in [4.78, 5) is 4.78. The van der Waals surface area contributed by atoms with Crippen molar-refractivity contribution < 1.29 is 4.65 Å². The van der Waals surface area contributed by atoms with Gasteiger partial charge in [-0.25, -0.2) is 4.98 Å². The average Bonchev–Trinajstić information content (AvgIpc) is 3.23. The monoisotopic (exact) mass is 374 g/mol. The van der Waals surface area contributed by atoms with Gasteiger partial charge < -0.3 is 9.06 Å². The van der Waals surface area contributed by atoms with Crippen LogP contribution >= 0.6 is 0 Å². The Balaban J connectivity index is 1.58. The number of nitrogens with zero attached hydrogens (tertiary/aromatic N) is 2. The molecular weight excluding hydrogens is 355 g/mol. The van der Waals surface area contributed by atoms with E-state index in [2.05, 4.69) is 30.3 Å². The van der Waals surface area contributed by atoms with E-state index >= 15 is 0 Å². The Bertz CT molecular complexity index is 1160. The summed E-state index contributed by atoms with van der Waals surface area (Å²) in [6, 6.07) is 34.7. The van der Waals surface area contributed by atoms with E-state index in [1.54, 1.807) is 0 Å². The molecule has 0 radical (unpaired) electrons. The third kappa shape index (κ3) is 3.53. The second kappa shape index (κ2) is 7.68. The van der Waals surface area contributed by atoms with Crippen molar-refractivity contribution in [1.82, 2.24) is 9.38 Å². The van der Waals surface area contributed by atoms with Gasteiger partial charge in [-0.05, 0) is 35.2 Å². The number of aromatic nitrogens is 2. The van der Waals surface area contributed by atoms with Crippen LogP contribution in [0.15, 0.2) is 116 Å². The molecule has 5 rings (SSSR count). The lowest BCUT2D eigenvalue weighted by molar-refractivity contribution is 0.593. The number of imidazole rings is 1. The molecule has 0 atom stereocenters. The van der Waals surface area contributed by atoms with E-state index in [1.165, 1.54) is 0 Å². The van der Waals surface area contributed by atoms with Gasteiger partial charge in [-0.1, -0.05) is 78.9 Å². The Morgan fingerprint density at radius 3 is 1.97 bits per heavy atom. The lowest BCUT2D eigenvalue weighted by Crippen LogP contribution is -2.47. The Labute approximate surface area is 170 Å². The maximum Gasteiger partial charge on any atom is 0.426 e. The number of pyridine rings is 1. The summed E-state index contributed by atoms with van der Waals surface area (Å²) < 4.78 is 8.64. The Morgan fingerprint density at radius 1 is 0.655 bits per heavy atom. The number of hydrogen-bond acceptors (Lipinski definition) is 2. The highest BCUT2D eigenvalue weighted by Crippen LogP contribution is 2.29. The van der Waals surface area contributed by atoms with E-state index in [0.717, 1.165) is 33.6 Å². The highest BCUT2D eigenvalue weighted by molar-refractivity contribution is 6.80. The molecule has 0 saturated heterocycles. The summed E-state index contributed by atoms with van der Waals surface area (Å²) in [6.07, 6.45) is 4.05. The summed E-state index contributed by atoms with van der Waals surface area (Å²) in [6.45, 7) is -0.199. The molecule has 138 valence electrons. The number of hydrogen-bond donors (Lipinski definition) is 0.